The maximum absolute atomic E-state index is 3.61. The second kappa shape index (κ2) is 4.72. The molecule has 0 bridgehead atoms. The molecule has 27 heavy (non-hydrogen) atoms. The summed E-state index contributed by atoms with van der Waals surface area (Å²) >= 11 is 0. The van der Waals surface area contributed by atoms with Gasteiger partial charge in [0.25, 0.3) is 0 Å². The van der Waals surface area contributed by atoms with Crippen LogP contribution in [-0.2, 0) is 0 Å². The number of H-pyrrole nitrogens is 2. The van der Waals surface area contributed by atoms with Crippen molar-refractivity contribution in [3.63, 3.8) is 0 Å². The first-order chi connectivity index (χ1) is 13.3. The molecule has 2 atom stereocenters. The molecule has 2 aliphatic carbocycles. The molecule has 1 fully saturated rings. The van der Waals surface area contributed by atoms with Crippen LogP contribution in [0.4, 0.5) is 0 Å². The van der Waals surface area contributed by atoms with Gasteiger partial charge in [-0.2, -0.15) is 0 Å². The monoisotopic (exact) mass is 346 g/mol. The van der Waals surface area contributed by atoms with Crippen molar-refractivity contribution in [2.75, 3.05) is 0 Å². The number of hydrogen-bond donors (Lipinski definition) is 2. The quantitative estimate of drug-likeness (QED) is 0.343. The van der Waals surface area contributed by atoms with Crippen molar-refractivity contribution in [3.05, 3.63) is 78.0 Å². The number of aromatic nitrogens is 2. The van der Waals surface area contributed by atoms with Crippen LogP contribution in [0.3, 0.4) is 0 Å². The van der Waals surface area contributed by atoms with Crippen molar-refractivity contribution >= 4 is 38.8 Å². The third kappa shape index (κ3) is 1.85. The zero-order valence-electron chi connectivity index (χ0n) is 14.8. The second-order valence-corrected chi connectivity index (χ2v) is 8.01. The molecular weight excluding hydrogens is 328 g/mol. The molecule has 3 aromatic carbocycles. The molecule has 2 unspecified atom stereocenters. The highest BCUT2D eigenvalue weighted by atomic mass is 14.7. The number of allylic oxidation sites excluding steroid dienone is 1. The van der Waals surface area contributed by atoms with Gasteiger partial charge in [0.2, 0.25) is 0 Å². The van der Waals surface area contributed by atoms with Crippen molar-refractivity contribution in [1.82, 2.24) is 9.97 Å². The molecule has 2 aliphatic rings. The standard InChI is InChI=1S/C25H18N2/c1-2-4-21-17(3-1)19-11-14(5-8-22(19)26-21)15-6-9-23-20(12-15)25-18-13-16(18)7-10-24(25)27-23/h1-12,16,18,26-27H,13H2. The fourth-order valence-electron chi connectivity index (χ4n) is 4.95. The fraction of sp³-hybridized carbons (Fsp3) is 0.120. The molecule has 1 saturated carbocycles. The molecule has 2 aromatic heterocycles. The van der Waals surface area contributed by atoms with E-state index in [0.29, 0.717) is 0 Å². The van der Waals surface area contributed by atoms with E-state index in [1.54, 1.807) is 0 Å². The average molecular weight is 346 g/mol. The van der Waals surface area contributed by atoms with Crippen LogP contribution in [0.15, 0.2) is 66.7 Å². The summed E-state index contributed by atoms with van der Waals surface area (Å²) in [6.45, 7) is 0. The molecule has 2 nitrogen and oxygen atoms in total. The summed E-state index contributed by atoms with van der Waals surface area (Å²) in [4.78, 5) is 7.13. The highest BCUT2D eigenvalue weighted by Crippen LogP contribution is 2.54. The van der Waals surface area contributed by atoms with E-state index in [-0.39, 0.29) is 0 Å². The van der Waals surface area contributed by atoms with E-state index >= 15 is 0 Å². The van der Waals surface area contributed by atoms with Crippen molar-refractivity contribution in [2.45, 2.75) is 12.3 Å². The third-order valence-corrected chi connectivity index (χ3v) is 6.43. The maximum atomic E-state index is 3.61. The molecule has 2 heteroatoms. The van der Waals surface area contributed by atoms with E-state index in [1.165, 1.54) is 61.5 Å². The van der Waals surface area contributed by atoms with Crippen LogP contribution < -0.4 is 0 Å². The Kier molecular flexibility index (Phi) is 2.42. The first-order valence-corrected chi connectivity index (χ1v) is 9.70. The summed E-state index contributed by atoms with van der Waals surface area (Å²) in [5.41, 5.74) is 9.08. The van der Waals surface area contributed by atoms with Crippen molar-refractivity contribution < 1.29 is 0 Å². The second-order valence-electron chi connectivity index (χ2n) is 8.01. The van der Waals surface area contributed by atoms with Gasteiger partial charge in [-0.05, 0) is 71.4 Å². The molecule has 2 N–H and O–H groups in total. The topological polar surface area (TPSA) is 31.6 Å². The van der Waals surface area contributed by atoms with Gasteiger partial charge in [0.15, 0.2) is 0 Å². The Morgan fingerprint density at radius 2 is 1.44 bits per heavy atom. The van der Waals surface area contributed by atoms with Gasteiger partial charge in [0.05, 0.1) is 0 Å². The van der Waals surface area contributed by atoms with Gasteiger partial charge in [-0.15, -0.1) is 0 Å². The van der Waals surface area contributed by atoms with E-state index in [4.69, 9.17) is 0 Å². The predicted octanol–water partition coefficient (Wildman–Crippen LogP) is 6.60. The highest BCUT2D eigenvalue weighted by Gasteiger charge is 2.41. The Hall–Kier alpha value is -3.26. The van der Waals surface area contributed by atoms with Crippen LogP contribution in [0.25, 0.3) is 49.9 Å². The van der Waals surface area contributed by atoms with E-state index in [9.17, 15) is 0 Å². The summed E-state index contributed by atoms with van der Waals surface area (Å²) in [7, 11) is 0. The van der Waals surface area contributed by atoms with Crippen LogP contribution >= 0.6 is 0 Å². The van der Waals surface area contributed by atoms with E-state index in [0.717, 1.165) is 11.8 Å². The first-order valence-electron chi connectivity index (χ1n) is 9.70. The molecule has 128 valence electrons. The Bertz CT molecular complexity index is 1410. The van der Waals surface area contributed by atoms with Crippen LogP contribution in [0, 0.1) is 5.92 Å². The third-order valence-electron chi connectivity index (χ3n) is 6.43. The van der Waals surface area contributed by atoms with E-state index < -0.39 is 0 Å². The largest absolute Gasteiger partial charge is 0.355 e. The average Bonchev–Trinajstić information content (AvgIpc) is 3.27. The lowest BCUT2D eigenvalue weighted by molar-refractivity contribution is 1.00. The summed E-state index contributed by atoms with van der Waals surface area (Å²) in [6.07, 6.45) is 5.96. The van der Waals surface area contributed by atoms with E-state index in [2.05, 4.69) is 82.8 Å². The molecule has 2 heterocycles. The molecule has 0 aliphatic heterocycles. The lowest BCUT2D eigenvalue weighted by Crippen LogP contribution is -1.89. The van der Waals surface area contributed by atoms with Crippen LogP contribution in [-0.4, -0.2) is 9.97 Å². The zero-order chi connectivity index (χ0) is 17.5. The fourth-order valence-corrected chi connectivity index (χ4v) is 4.95. The number of nitrogens with one attached hydrogen (secondary N) is 2. The minimum Gasteiger partial charge on any atom is -0.355 e. The predicted molar refractivity (Wildman–Crippen MR) is 113 cm³/mol. The van der Waals surface area contributed by atoms with Gasteiger partial charge >= 0.3 is 0 Å². The van der Waals surface area contributed by atoms with Crippen molar-refractivity contribution in [1.29, 1.82) is 0 Å². The van der Waals surface area contributed by atoms with Gasteiger partial charge < -0.3 is 9.97 Å². The molecule has 0 amide bonds. The van der Waals surface area contributed by atoms with Crippen LogP contribution in [0.5, 0.6) is 0 Å². The number of para-hydroxylation sites is 1. The van der Waals surface area contributed by atoms with Gasteiger partial charge in [0.1, 0.15) is 0 Å². The number of benzene rings is 3. The Morgan fingerprint density at radius 3 is 2.33 bits per heavy atom. The minimum atomic E-state index is 0.727. The molecule has 7 rings (SSSR count). The summed E-state index contributed by atoms with van der Waals surface area (Å²) in [5.74, 6) is 1.49. The van der Waals surface area contributed by atoms with Gasteiger partial charge in [-0.25, -0.2) is 0 Å². The van der Waals surface area contributed by atoms with E-state index in [1.807, 2.05) is 0 Å². The molecule has 0 radical (unpaired) electrons. The lowest BCUT2D eigenvalue weighted by atomic mass is 9.97. The normalized spacial score (nSPS) is 20.3. The molecule has 0 spiro atoms. The van der Waals surface area contributed by atoms with Crippen LogP contribution in [0.2, 0.25) is 0 Å². The Balaban J connectivity index is 1.46. The first kappa shape index (κ1) is 13.9. The number of aromatic amines is 2. The molecular formula is C25H18N2. The van der Waals surface area contributed by atoms with Crippen LogP contribution in [0.1, 0.15) is 23.6 Å². The smallest absolute Gasteiger partial charge is 0.0465 e. The summed E-state index contributed by atoms with van der Waals surface area (Å²) < 4.78 is 0. The van der Waals surface area contributed by atoms with Crippen molar-refractivity contribution in [2.24, 2.45) is 5.92 Å². The van der Waals surface area contributed by atoms with Gasteiger partial charge in [-0.1, -0.05) is 36.4 Å². The summed E-state index contributed by atoms with van der Waals surface area (Å²) in [5, 5.41) is 3.99. The summed E-state index contributed by atoms with van der Waals surface area (Å²) in [6, 6.07) is 22.2. The number of rotatable bonds is 1. The molecule has 5 aromatic rings. The minimum absolute atomic E-state index is 0.727. The maximum Gasteiger partial charge on any atom is 0.0465 e. The zero-order valence-corrected chi connectivity index (χ0v) is 14.8. The Morgan fingerprint density at radius 1 is 0.704 bits per heavy atom. The number of hydrogen-bond acceptors (Lipinski definition) is 0. The van der Waals surface area contributed by atoms with Crippen molar-refractivity contribution in [3.8, 4) is 11.1 Å². The van der Waals surface area contributed by atoms with Gasteiger partial charge in [0, 0.05) is 38.4 Å². The molecule has 0 saturated heterocycles. The Labute approximate surface area is 156 Å². The SMILES string of the molecule is C1=CC2CC2c2c1[nH]c1ccc(-c3ccc4[nH]c5ccccc5c4c3)cc21. The van der Waals surface area contributed by atoms with Gasteiger partial charge in [-0.3, -0.25) is 0 Å². The lowest BCUT2D eigenvalue weighted by Gasteiger charge is -2.06. The number of fused-ring (bicyclic) bond motifs is 8. The highest BCUT2D eigenvalue weighted by molar-refractivity contribution is 6.08.